The van der Waals surface area contributed by atoms with Crippen LogP contribution in [0.3, 0.4) is 0 Å². The second kappa shape index (κ2) is 6.47. The summed E-state index contributed by atoms with van der Waals surface area (Å²) in [6.45, 7) is 4.65. The number of aliphatic hydroxyl groups is 1. The van der Waals surface area contributed by atoms with E-state index in [4.69, 9.17) is 27.6 Å². The van der Waals surface area contributed by atoms with E-state index >= 15 is 0 Å². The van der Waals surface area contributed by atoms with Gasteiger partial charge >= 0.3 is 0 Å². The molecule has 6 heteroatoms. The van der Waals surface area contributed by atoms with E-state index in [0.717, 1.165) is 5.69 Å². The van der Waals surface area contributed by atoms with Gasteiger partial charge in [-0.15, -0.1) is 0 Å². The molecular weight excluding hydrogens is 254 g/mol. The second-order valence-electron chi connectivity index (χ2n) is 4.16. The number of benzene rings is 1. The number of halogens is 1. The Morgan fingerprint density at radius 2 is 2.17 bits per heavy atom. The van der Waals surface area contributed by atoms with Gasteiger partial charge in [-0.25, -0.2) is 0 Å². The predicted octanol–water partition coefficient (Wildman–Crippen LogP) is 1.64. The lowest BCUT2D eigenvalue weighted by Gasteiger charge is -2.28. The van der Waals surface area contributed by atoms with Crippen molar-refractivity contribution >= 4 is 23.1 Å². The highest BCUT2D eigenvalue weighted by Gasteiger charge is 2.13. The molecule has 1 aromatic rings. The molecule has 0 aliphatic heterocycles. The van der Waals surface area contributed by atoms with Gasteiger partial charge in [-0.2, -0.15) is 0 Å². The zero-order chi connectivity index (χ0) is 13.7. The molecule has 0 saturated carbocycles. The van der Waals surface area contributed by atoms with Crippen molar-refractivity contribution in [2.75, 3.05) is 18.1 Å². The molecule has 4 N–H and O–H groups in total. The van der Waals surface area contributed by atoms with E-state index in [1.54, 1.807) is 12.1 Å². The maximum atomic E-state index is 9.05. The molecule has 0 spiro atoms. The lowest BCUT2D eigenvalue weighted by molar-refractivity contribution is 0.299. The van der Waals surface area contributed by atoms with Crippen LogP contribution in [0.25, 0.3) is 0 Å². The highest BCUT2D eigenvalue weighted by atomic mass is 35.5. The number of hydrogen-bond acceptors (Lipinski definition) is 4. The Bertz CT molecular complexity index is 435. The molecule has 5 nitrogen and oxygen atoms in total. The molecule has 0 aliphatic rings. The van der Waals surface area contributed by atoms with Crippen molar-refractivity contribution in [3.63, 3.8) is 0 Å². The first kappa shape index (κ1) is 14.6. The molecule has 0 saturated heterocycles. The third-order valence-corrected chi connectivity index (χ3v) is 2.94. The smallest absolute Gasteiger partial charge is 0.171 e. The molecule has 0 aromatic heterocycles. The van der Waals surface area contributed by atoms with Crippen molar-refractivity contribution in [2.24, 2.45) is 10.9 Å². The standard InChI is InChI=1S/C12H18ClN3O2/c1-8(2)16(5-6-17)9-3-4-10(11(13)7-9)12(14)15-18/h3-4,7-8,17-18H,5-6H2,1-2H3,(H2,14,15). The Balaban J connectivity index is 3.09. The first-order valence-electron chi connectivity index (χ1n) is 5.66. The monoisotopic (exact) mass is 271 g/mol. The minimum absolute atomic E-state index is 0.0233. The Hall–Kier alpha value is -1.46. The van der Waals surface area contributed by atoms with Crippen molar-refractivity contribution in [2.45, 2.75) is 19.9 Å². The molecule has 0 unspecified atom stereocenters. The van der Waals surface area contributed by atoms with Crippen molar-refractivity contribution in [1.29, 1.82) is 0 Å². The summed E-state index contributed by atoms with van der Waals surface area (Å²) in [5.41, 5.74) is 6.87. The third kappa shape index (κ3) is 3.27. The number of amidine groups is 1. The van der Waals surface area contributed by atoms with E-state index in [2.05, 4.69) is 5.16 Å². The molecule has 1 aromatic carbocycles. The molecule has 0 fully saturated rings. The quantitative estimate of drug-likeness (QED) is 0.329. The van der Waals surface area contributed by atoms with E-state index in [9.17, 15) is 0 Å². The van der Waals surface area contributed by atoms with Crippen LogP contribution in [0.1, 0.15) is 19.4 Å². The molecule has 18 heavy (non-hydrogen) atoms. The van der Waals surface area contributed by atoms with E-state index in [1.807, 2.05) is 24.8 Å². The number of anilines is 1. The fourth-order valence-corrected chi connectivity index (χ4v) is 2.01. The van der Waals surface area contributed by atoms with Crippen LogP contribution in [0.15, 0.2) is 23.4 Å². The van der Waals surface area contributed by atoms with Gasteiger partial charge in [-0.05, 0) is 32.0 Å². The van der Waals surface area contributed by atoms with Gasteiger partial charge in [0.1, 0.15) is 0 Å². The number of nitrogens with zero attached hydrogens (tertiary/aromatic N) is 2. The summed E-state index contributed by atoms with van der Waals surface area (Å²) < 4.78 is 0. The van der Waals surface area contributed by atoms with Gasteiger partial charge in [0.2, 0.25) is 0 Å². The lowest BCUT2D eigenvalue weighted by Crippen LogP contribution is -2.33. The van der Waals surface area contributed by atoms with Gasteiger partial charge in [-0.1, -0.05) is 16.8 Å². The average molecular weight is 272 g/mol. The second-order valence-corrected chi connectivity index (χ2v) is 4.57. The number of oxime groups is 1. The molecule has 0 radical (unpaired) electrons. The van der Waals surface area contributed by atoms with Crippen LogP contribution in [-0.2, 0) is 0 Å². The fourth-order valence-electron chi connectivity index (χ4n) is 1.74. The first-order valence-corrected chi connectivity index (χ1v) is 6.04. The summed E-state index contributed by atoms with van der Waals surface area (Å²) in [6, 6.07) is 5.50. The van der Waals surface area contributed by atoms with Crippen LogP contribution in [0.4, 0.5) is 5.69 Å². The normalized spacial score (nSPS) is 11.9. The summed E-state index contributed by atoms with van der Waals surface area (Å²) in [6.07, 6.45) is 0. The predicted molar refractivity (Wildman–Crippen MR) is 73.5 cm³/mol. The summed E-state index contributed by atoms with van der Waals surface area (Å²) in [5.74, 6) is -0.0233. The van der Waals surface area contributed by atoms with E-state index < -0.39 is 0 Å². The molecule has 1 rings (SSSR count). The van der Waals surface area contributed by atoms with Crippen molar-refractivity contribution in [1.82, 2.24) is 0 Å². The minimum atomic E-state index is -0.0233. The van der Waals surface area contributed by atoms with Gasteiger partial charge in [0.25, 0.3) is 0 Å². The SMILES string of the molecule is CC(C)N(CCO)c1ccc(C(N)=NO)c(Cl)c1. The molecule has 0 bridgehead atoms. The molecule has 100 valence electrons. The topological polar surface area (TPSA) is 82.1 Å². The zero-order valence-corrected chi connectivity index (χ0v) is 11.2. The Labute approximate surface area is 111 Å². The number of hydrogen-bond donors (Lipinski definition) is 3. The van der Waals surface area contributed by atoms with Crippen LogP contribution >= 0.6 is 11.6 Å². The third-order valence-electron chi connectivity index (χ3n) is 2.63. The van der Waals surface area contributed by atoms with Crippen molar-refractivity contribution in [3.8, 4) is 0 Å². The average Bonchev–Trinajstić information content (AvgIpc) is 2.34. The zero-order valence-electron chi connectivity index (χ0n) is 10.5. The first-order chi connectivity index (χ1) is 8.51. The highest BCUT2D eigenvalue weighted by Crippen LogP contribution is 2.24. The summed E-state index contributed by atoms with van der Waals surface area (Å²) in [5, 5.41) is 21.0. The van der Waals surface area contributed by atoms with E-state index in [0.29, 0.717) is 17.1 Å². The molecule has 0 atom stereocenters. The van der Waals surface area contributed by atoms with Crippen LogP contribution < -0.4 is 10.6 Å². The van der Waals surface area contributed by atoms with Gasteiger partial charge in [0, 0.05) is 23.8 Å². The maximum Gasteiger partial charge on any atom is 0.171 e. The van der Waals surface area contributed by atoms with Crippen molar-refractivity contribution in [3.05, 3.63) is 28.8 Å². The summed E-state index contributed by atoms with van der Waals surface area (Å²) >= 11 is 6.09. The largest absolute Gasteiger partial charge is 0.409 e. The Morgan fingerprint density at radius 3 is 2.61 bits per heavy atom. The number of nitrogens with two attached hydrogens (primary N) is 1. The molecule has 0 amide bonds. The summed E-state index contributed by atoms with van der Waals surface area (Å²) in [4.78, 5) is 2.02. The van der Waals surface area contributed by atoms with Crippen LogP contribution in [0, 0.1) is 0 Å². The van der Waals surface area contributed by atoms with Crippen LogP contribution in [-0.4, -0.2) is 35.3 Å². The molecule has 0 aliphatic carbocycles. The number of aliphatic hydroxyl groups excluding tert-OH is 1. The minimum Gasteiger partial charge on any atom is -0.409 e. The van der Waals surface area contributed by atoms with Crippen molar-refractivity contribution < 1.29 is 10.3 Å². The van der Waals surface area contributed by atoms with E-state index in [1.165, 1.54) is 0 Å². The number of rotatable bonds is 5. The molecular formula is C12H18ClN3O2. The van der Waals surface area contributed by atoms with Crippen LogP contribution in [0.5, 0.6) is 0 Å². The van der Waals surface area contributed by atoms with Gasteiger partial charge in [-0.3, -0.25) is 0 Å². The summed E-state index contributed by atoms with van der Waals surface area (Å²) in [7, 11) is 0. The Morgan fingerprint density at radius 1 is 1.50 bits per heavy atom. The fraction of sp³-hybridized carbons (Fsp3) is 0.417. The van der Waals surface area contributed by atoms with Gasteiger partial charge in [0.15, 0.2) is 5.84 Å². The maximum absolute atomic E-state index is 9.05. The lowest BCUT2D eigenvalue weighted by atomic mass is 10.1. The van der Waals surface area contributed by atoms with Gasteiger partial charge in [0.05, 0.1) is 11.6 Å². The molecule has 0 heterocycles. The highest BCUT2D eigenvalue weighted by molar-refractivity contribution is 6.34. The van der Waals surface area contributed by atoms with Crippen LogP contribution in [0.2, 0.25) is 5.02 Å². The Kier molecular flexibility index (Phi) is 5.25. The van der Waals surface area contributed by atoms with Gasteiger partial charge < -0.3 is 20.9 Å². The van der Waals surface area contributed by atoms with E-state index in [-0.39, 0.29) is 18.5 Å².